The molecule has 1 aliphatic heterocycles. The van der Waals surface area contributed by atoms with Crippen molar-refractivity contribution in [2.75, 3.05) is 33.4 Å². The van der Waals surface area contributed by atoms with Gasteiger partial charge in [-0.2, -0.15) is 0 Å². The highest BCUT2D eigenvalue weighted by atomic mass is 31.2. The van der Waals surface area contributed by atoms with Crippen LogP contribution >= 0.6 is 16.5 Å². The molecule has 14 heavy (non-hydrogen) atoms. The topological polar surface area (TPSA) is 96.3 Å². The molecule has 0 bridgehead atoms. The van der Waals surface area contributed by atoms with Crippen LogP contribution in [-0.4, -0.2) is 48.0 Å². The summed E-state index contributed by atoms with van der Waals surface area (Å²) >= 11 is 0. The summed E-state index contributed by atoms with van der Waals surface area (Å²) in [7, 11) is -3.73. The standard InChI is InChI=1S/C5H11NO.O5P2/c1-6-2-4-7-5-3-6;1-6(2)5-7(3)4/h2-5H2,1H3;/p+2. The van der Waals surface area contributed by atoms with Crippen LogP contribution in [0.1, 0.15) is 0 Å². The molecular formula is C5H13NO6P2+2. The van der Waals surface area contributed by atoms with Crippen LogP contribution in [0.4, 0.5) is 0 Å². The van der Waals surface area contributed by atoms with Gasteiger partial charge in [-0.25, -0.2) is 0 Å². The smallest absolute Gasteiger partial charge is 0.379 e. The Bertz CT molecular complexity index is 183. The predicted octanol–water partition coefficient (Wildman–Crippen LogP) is 0.251. The van der Waals surface area contributed by atoms with Gasteiger partial charge in [0.05, 0.1) is 13.2 Å². The number of ether oxygens (including phenoxy) is 1. The fourth-order valence-electron chi connectivity index (χ4n) is 0.714. The van der Waals surface area contributed by atoms with Crippen LogP contribution in [-0.2, 0) is 18.2 Å². The molecule has 0 radical (unpaired) electrons. The highest BCUT2D eigenvalue weighted by Gasteiger charge is 2.31. The molecule has 0 aromatic rings. The molecule has 9 heteroatoms. The Morgan fingerprint density at radius 3 is 1.79 bits per heavy atom. The molecule has 1 aliphatic rings. The van der Waals surface area contributed by atoms with Gasteiger partial charge < -0.3 is 9.64 Å². The van der Waals surface area contributed by atoms with Crippen molar-refractivity contribution in [3.8, 4) is 0 Å². The van der Waals surface area contributed by atoms with Gasteiger partial charge in [-0.15, -0.1) is 9.79 Å². The maximum Gasteiger partial charge on any atom is 0.745 e. The zero-order valence-corrected chi connectivity index (χ0v) is 9.49. The second kappa shape index (κ2) is 8.32. The van der Waals surface area contributed by atoms with Crippen LogP contribution < -0.4 is 0 Å². The minimum Gasteiger partial charge on any atom is -0.379 e. The Morgan fingerprint density at radius 2 is 1.64 bits per heavy atom. The predicted molar refractivity (Wildman–Crippen MR) is 49.1 cm³/mol. The van der Waals surface area contributed by atoms with Crippen molar-refractivity contribution in [1.82, 2.24) is 4.90 Å². The lowest BCUT2D eigenvalue weighted by atomic mass is 10.5. The molecule has 0 aromatic heterocycles. The molecule has 2 N–H and O–H groups in total. The summed E-state index contributed by atoms with van der Waals surface area (Å²) in [6.07, 6.45) is 0. The minimum atomic E-state index is -2.92. The number of morpholine rings is 1. The van der Waals surface area contributed by atoms with Gasteiger partial charge in [0, 0.05) is 22.2 Å². The van der Waals surface area contributed by atoms with Crippen molar-refractivity contribution in [3.63, 3.8) is 0 Å². The zero-order chi connectivity index (χ0) is 11.0. The SMILES string of the molecule is CN1CCOCC1.O=[P+](O)O[P+](=O)O. The third-order valence-corrected chi connectivity index (χ3v) is 2.49. The van der Waals surface area contributed by atoms with Crippen LogP contribution in [0.25, 0.3) is 0 Å². The van der Waals surface area contributed by atoms with Crippen LogP contribution in [0.15, 0.2) is 0 Å². The summed E-state index contributed by atoms with van der Waals surface area (Å²) in [6, 6.07) is 0. The molecule has 2 atom stereocenters. The van der Waals surface area contributed by atoms with Crippen molar-refractivity contribution in [3.05, 3.63) is 0 Å². The van der Waals surface area contributed by atoms with Gasteiger partial charge in [0.2, 0.25) is 0 Å². The molecule has 7 nitrogen and oxygen atoms in total. The molecule has 0 amide bonds. The van der Waals surface area contributed by atoms with E-state index in [2.05, 4.69) is 16.3 Å². The minimum absolute atomic E-state index is 0.913. The van der Waals surface area contributed by atoms with Gasteiger partial charge in [-0.3, -0.25) is 0 Å². The molecule has 1 rings (SSSR count). The van der Waals surface area contributed by atoms with E-state index in [4.69, 9.17) is 14.5 Å². The van der Waals surface area contributed by atoms with Crippen molar-refractivity contribution < 1.29 is 28.0 Å². The third-order valence-electron chi connectivity index (χ3n) is 1.37. The maximum absolute atomic E-state index is 9.39. The summed E-state index contributed by atoms with van der Waals surface area (Å²) in [4.78, 5) is 17.6. The van der Waals surface area contributed by atoms with Gasteiger partial charge in [0.1, 0.15) is 0 Å². The van der Waals surface area contributed by atoms with E-state index in [1.807, 2.05) is 0 Å². The van der Waals surface area contributed by atoms with E-state index in [1.165, 1.54) is 0 Å². The molecular weight excluding hydrogens is 232 g/mol. The van der Waals surface area contributed by atoms with E-state index in [0.717, 1.165) is 26.3 Å². The average molecular weight is 245 g/mol. The van der Waals surface area contributed by atoms with Crippen molar-refractivity contribution >= 4 is 16.5 Å². The van der Waals surface area contributed by atoms with Crippen molar-refractivity contribution in [1.29, 1.82) is 0 Å². The van der Waals surface area contributed by atoms with Crippen molar-refractivity contribution in [2.45, 2.75) is 0 Å². The number of hydrogen-bond acceptors (Lipinski definition) is 5. The first-order chi connectivity index (χ1) is 6.52. The highest BCUT2D eigenvalue weighted by molar-refractivity contribution is 7.46. The van der Waals surface area contributed by atoms with Gasteiger partial charge in [-0.05, 0) is 7.05 Å². The van der Waals surface area contributed by atoms with Gasteiger partial charge in [0.25, 0.3) is 0 Å². The van der Waals surface area contributed by atoms with Crippen molar-refractivity contribution in [2.24, 2.45) is 0 Å². The summed E-state index contributed by atoms with van der Waals surface area (Å²) in [6.45, 7) is 4.02. The number of rotatable bonds is 2. The molecule has 1 heterocycles. The number of nitrogens with zero attached hydrogens (tertiary/aromatic N) is 1. The second-order valence-corrected chi connectivity index (χ2v) is 4.08. The molecule has 0 aromatic carbocycles. The Balaban J connectivity index is 0.000000241. The first-order valence-corrected chi connectivity index (χ1v) is 6.05. The lowest BCUT2D eigenvalue weighted by Gasteiger charge is -2.21. The highest BCUT2D eigenvalue weighted by Crippen LogP contribution is 2.30. The second-order valence-electron chi connectivity index (χ2n) is 2.47. The summed E-state index contributed by atoms with van der Waals surface area (Å²) < 4.78 is 27.3. The summed E-state index contributed by atoms with van der Waals surface area (Å²) in [5, 5.41) is 0. The Morgan fingerprint density at radius 1 is 1.21 bits per heavy atom. The van der Waals surface area contributed by atoms with Gasteiger partial charge in [0.15, 0.2) is 4.31 Å². The monoisotopic (exact) mass is 245 g/mol. The quantitative estimate of drug-likeness (QED) is 0.673. The molecule has 0 aliphatic carbocycles. The lowest BCUT2D eigenvalue weighted by molar-refractivity contribution is 0.0503. The van der Waals surface area contributed by atoms with Crippen LogP contribution in [0.5, 0.6) is 0 Å². The molecule has 0 spiro atoms. The Hall–Kier alpha value is -0.0000000000000000763. The number of hydrogen-bond donors (Lipinski definition) is 2. The summed E-state index contributed by atoms with van der Waals surface area (Å²) in [5.74, 6) is 0. The van der Waals surface area contributed by atoms with E-state index >= 15 is 0 Å². The first-order valence-electron chi connectivity index (χ1n) is 3.79. The Kier molecular flexibility index (Phi) is 8.32. The first kappa shape index (κ1) is 14.0. The zero-order valence-electron chi connectivity index (χ0n) is 7.70. The third kappa shape index (κ3) is 10.1. The van der Waals surface area contributed by atoms with E-state index in [0.29, 0.717) is 0 Å². The van der Waals surface area contributed by atoms with E-state index in [1.54, 1.807) is 0 Å². The molecule has 82 valence electrons. The fraction of sp³-hybridized carbons (Fsp3) is 1.00. The summed E-state index contributed by atoms with van der Waals surface area (Å²) in [5.41, 5.74) is 0. The molecule has 0 saturated carbocycles. The number of likely N-dealkylation sites (N-methyl/N-ethyl adjacent to an activating group) is 1. The normalized spacial score (nSPS) is 19.4. The lowest BCUT2D eigenvalue weighted by Crippen LogP contribution is -2.32. The Labute approximate surface area is 83.5 Å². The maximum atomic E-state index is 9.39. The van der Waals surface area contributed by atoms with Crippen LogP contribution in [0, 0.1) is 0 Å². The van der Waals surface area contributed by atoms with E-state index < -0.39 is 16.5 Å². The van der Waals surface area contributed by atoms with Gasteiger partial charge in [-0.1, -0.05) is 0 Å². The van der Waals surface area contributed by atoms with Crippen LogP contribution in [0.2, 0.25) is 0 Å². The fourth-order valence-corrected chi connectivity index (χ4v) is 1.19. The van der Waals surface area contributed by atoms with E-state index in [-0.39, 0.29) is 0 Å². The molecule has 2 unspecified atom stereocenters. The van der Waals surface area contributed by atoms with Crippen LogP contribution in [0.3, 0.4) is 0 Å². The molecule has 1 saturated heterocycles. The average Bonchev–Trinajstić information content (AvgIpc) is 2.03. The molecule has 1 fully saturated rings. The largest absolute Gasteiger partial charge is 0.745 e. The van der Waals surface area contributed by atoms with Gasteiger partial charge >= 0.3 is 16.5 Å². The van der Waals surface area contributed by atoms with E-state index in [9.17, 15) is 9.13 Å².